The van der Waals surface area contributed by atoms with Gasteiger partial charge in [-0.25, -0.2) is 0 Å². The van der Waals surface area contributed by atoms with Gasteiger partial charge in [0.25, 0.3) is 0 Å². The second kappa shape index (κ2) is 5.73. The van der Waals surface area contributed by atoms with Crippen molar-refractivity contribution in [3.63, 3.8) is 0 Å². The largest absolute Gasteiger partial charge is 0.497 e. The van der Waals surface area contributed by atoms with Crippen LogP contribution in [0.5, 0.6) is 5.75 Å². The number of methoxy groups -OCH3 is 1. The number of halogens is 1. The zero-order valence-electron chi connectivity index (χ0n) is 10.3. The Labute approximate surface area is 110 Å². The SMILES string of the molecule is COc1cccc(CN(C)c2nnc(CCl)o2)c1. The Morgan fingerprint density at radius 1 is 1.39 bits per heavy atom. The second-order valence-corrected chi connectivity index (χ2v) is 4.09. The van der Waals surface area contributed by atoms with Crippen molar-refractivity contribution in [3.8, 4) is 5.75 Å². The number of anilines is 1. The topological polar surface area (TPSA) is 51.4 Å². The van der Waals surface area contributed by atoms with Gasteiger partial charge in [-0.2, -0.15) is 0 Å². The van der Waals surface area contributed by atoms with Crippen LogP contribution in [0.25, 0.3) is 0 Å². The van der Waals surface area contributed by atoms with E-state index in [0.717, 1.165) is 11.3 Å². The lowest BCUT2D eigenvalue weighted by molar-refractivity contribution is 0.414. The van der Waals surface area contributed by atoms with E-state index in [0.29, 0.717) is 18.5 Å². The molecule has 0 radical (unpaired) electrons. The van der Waals surface area contributed by atoms with E-state index >= 15 is 0 Å². The third-order valence-corrected chi connectivity index (χ3v) is 2.68. The van der Waals surface area contributed by atoms with E-state index in [1.54, 1.807) is 7.11 Å². The molecule has 0 atom stereocenters. The molecule has 0 aliphatic rings. The molecule has 96 valence electrons. The molecule has 0 unspecified atom stereocenters. The normalized spacial score (nSPS) is 10.4. The molecule has 0 aliphatic carbocycles. The first kappa shape index (κ1) is 12.7. The number of nitrogens with zero attached hydrogens (tertiary/aromatic N) is 3. The van der Waals surface area contributed by atoms with Gasteiger partial charge in [-0.05, 0) is 17.7 Å². The maximum Gasteiger partial charge on any atom is 0.318 e. The zero-order valence-corrected chi connectivity index (χ0v) is 11.0. The van der Waals surface area contributed by atoms with Crippen molar-refractivity contribution in [3.05, 3.63) is 35.7 Å². The van der Waals surface area contributed by atoms with Gasteiger partial charge in [-0.15, -0.1) is 16.7 Å². The first-order chi connectivity index (χ1) is 8.72. The molecular weight excluding hydrogens is 254 g/mol. The van der Waals surface area contributed by atoms with Crippen LogP contribution in [0.1, 0.15) is 11.5 Å². The van der Waals surface area contributed by atoms with Gasteiger partial charge >= 0.3 is 6.01 Å². The molecule has 0 N–H and O–H groups in total. The summed E-state index contributed by atoms with van der Waals surface area (Å²) in [6.07, 6.45) is 0. The van der Waals surface area contributed by atoms with Crippen molar-refractivity contribution in [2.75, 3.05) is 19.1 Å². The van der Waals surface area contributed by atoms with Crippen LogP contribution in [0.2, 0.25) is 0 Å². The van der Waals surface area contributed by atoms with Gasteiger partial charge in [-0.1, -0.05) is 17.2 Å². The Balaban J connectivity index is 2.08. The predicted octanol–water partition coefficient (Wildman–Crippen LogP) is 2.45. The summed E-state index contributed by atoms with van der Waals surface area (Å²) in [4.78, 5) is 1.86. The minimum atomic E-state index is 0.222. The number of rotatable bonds is 5. The van der Waals surface area contributed by atoms with E-state index < -0.39 is 0 Å². The average Bonchev–Trinajstić information content (AvgIpc) is 2.88. The molecule has 0 bridgehead atoms. The van der Waals surface area contributed by atoms with E-state index in [9.17, 15) is 0 Å². The Bertz CT molecular complexity index is 516. The lowest BCUT2D eigenvalue weighted by Gasteiger charge is -2.14. The van der Waals surface area contributed by atoms with Gasteiger partial charge < -0.3 is 14.1 Å². The third kappa shape index (κ3) is 2.92. The first-order valence-electron chi connectivity index (χ1n) is 5.45. The van der Waals surface area contributed by atoms with E-state index in [1.807, 2.05) is 36.2 Å². The Kier molecular flexibility index (Phi) is 4.04. The molecule has 6 heteroatoms. The van der Waals surface area contributed by atoms with Crippen molar-refractivity contribution in [1.82, 2.24) is 10.2 Å². The van der Waals surface area contributed by atoms with E-state index in [4.69, 9.17) is 20.8 Å². The summed E-state index contributed by atoms with van der Waals surface area (Å²) in [5.74, 6) is 1.47. The summed E-state index contributed by atoms with van der Waals surface area (Å²) in [5.41, 5.74) is 1.10. The van der Waals surface area contributed by atoms with Crippen molar-refractivity contribution >= 4 is 17.6 Å². The minimum Gasteiger partial charge on any atom is -0.497 e. The van der Waals surface area contributed by atoms with Crippen LogP contribution in [0.15, 0.2) is 28.7 Å². The van der Waals surface area contributed by atoms with Crippen LogP contribution < -0.4 is 9.64 Å². The Morgan fingerprint density at radius 3 is 2.89 bits per heavy atom. The Morgan fingerprint density at radius 2 is 2.22 bits per heavy atom. The lowest BCUT2D eigenvalue weighted by Crippen LogP contribution is -2.16. The maximum atomic E-state index is 5.61. The summed E-state index contributed by atoms with van der Waals surface area (Å²) < 4.78 is 10.5. The van der Waals surface area contributed by atoms with Crippen LogP contribution >= 0.6 is 11.6 Å². The highest BCUT2D eigenvalue weighted by atomic mass is 35.5. The molecule has 0 saturated heterocycles. The summed E-state index contributed by atoms with van der Waals surface area (Å²) in [7, 11) is 3.53. The van der Waals surface area contributed by atoms with Crippen LogP contribution in [-0.4, -0.2) is 24.4 Å². The summed E-state index contributed by atoms with van der Waals surface area (Å²) >= 11 is 5.61. The molecule has 2 aromatic rings. The van der Waals surface area contributed by atoms with Crippen LogP contribution in [0, 0.1) is 0 Å². The fourth-order valence-corrected chi connectivity index (χ4v) is 1.67. The molecule has 2 rings (SSSR count). The molecule has 0 aliphatic heterocycles. The van der Waals surface area contributed by atoms with Crippen molar-refractivity contribution in [2.45, 2.75) is 12.4 Å². The number of alkyl halides is 1. The number of hydrogen-bond donors (Lipinski definition) is 0. The highest BCUT2D eigenvalue weighted by molar-refractivity contribution is 6.16. The number of aromatic nitrogens is 2. The molecule has 5 nitrogen and oxygen atoms in total. The monoisotopic (exact) mass is 267 g/mol. The van der Waals surface area contributed by atoms with E-state index in [1.165, 1.54) is 0 Å². The molecular formula is C12H14ClN3O2. The molecule has 0 spiro atoms. The fraction of sp³-hybridized carbons (Fsp3) is 0.333. The molecule has 1 heterocycles. The molecule has 1 aromatic heterocycles. The predicted molar refractivity (Wildman–Crippen MR) is 69.0 cm³/mol. The number of ether oxygens (including phenoxy) is 1. The summed E-state index contributed by atoms with van der Waals surface area (Å²) in [5, 5.41) is 7.74. The van der Waals surface area contributed by atoms with Crippen molar-refractivity contribution < 1.29 is 9.15 Å². The average molecular weight is 268 g/mol. The first-order valence-corrected chi connectivity index (χ1v) is 5.99. The standard InChI is InChI=1S/C12H14ClN3O2/c1-16(12-15-14-11(7-13)18-12)8-9-4-3-5-10(6-9)17-2/h3-6H,7-8H2,1-2H3. The zero-order chi connectivity index (χ0) is 13.0. The second-order valence-electron chi connectivity index (χ2n) is 3.82. The quantitative estimate of drug-likeness (QED) is 0.779. The third-order valence-electron chi connectivity index (χ3n) is 2.45. The van der Waals surface area contributed by atoms with E-state index in [2.05, 4.69) is 10.2 Å². The molecule has 0 fully saturated rings. The van der Waals surface area contributed by atoms with Crippen LogP contribution in [-0.2, 0) is 12.4 Å². The van der Waals surface area contributed by atoms with Gasteiger partial charge in [0.2, 0.25) is 5.89 Å². The van der Waals surface area contributed by atoms with Crippen LogP contribution in [0.4, 0.5) is 6.01 Å². The summed E-state index contributed by atoms with van der Waals surface area (Å²) in [6, 6.07) is 8.28. The van der Waals surface area contributed by atoms with Gasteiger partial charge in [0, 0.05) is 13.6 Å². The van der Waals surface area contributed by atoms with Crippen LogP contribution in [0.3, 0.4) is 0 Å². The maximum absolute atomic E-state index is 5.61. The molecule has 18 heavy (non-hydrogen) atoms. The Hall–Kier alpha value is -1.75. The van der Waals surface area contributed by atoms with Gasteiger partial charge in [0.15, 0.2) is 0 Å². The highest BCUT2D eigenvalue weighted by Crippen LogP contribution is 2.17. The highest BCUT2D eigenvalue weighted by Gasteiger charge is 2.10. The van der Waals surface area contributed by atoms with Gasteiger partial charge in [0.05, 0.1) is 7.11 Å². The van der Waals surface area contributed by atoms with Crippen molar-refractivity contribution in [2.24, 2.45) is 0 Å². The molecule has 0 amide bonds. The molecule has 1 aromatic carbocycles. The fourth-order valence-electron chi connectivity index (χ4n) is 1.57. The van der Waals surface area contributed by atoms with Crippen molar-refractivity contribution in [1.29, 1.82) is 0 Å². The number of hydrogen-bond acceptors (Lipinski definition) is 5. The van der Waals surface area contributed by atoms with E-state index in [-0.39, 0.29) is 5.88 Å². The lowest BCUT2D eigenvalue weighted by atomic mass is 10.2. The minimum absolute atomic E-state index is 0.222. The van der Waals surface area contributed by atoms with Gasteiger partial charge in [-0.3, -0.25) is 0 Å². The number of benzene rings is 1. The smallest absolute Gasteiger partial charge is 0.318 e. The van der Waals surface area contributed by atoms with Gasteiger partial charge in [0.1, 0.15) is 11.6 Å². The summed E-state index contributed by atoms with van der Waals surface area (Å²) in [6.45, 7) is 0.654. The molecule has 0 saturated carbocycles.